The molecule has 0 saturated heterocycles. The predicted octanol–water partition coefficient (Wildman–Crippen LogP) is 4.66. The molecule has 1 saturated carbocycles. The van der Waals surface area contributed by atoms with E-state index in [1.54, 1.807) is 12.1 Å². The highest BCUT2D eigenvalue weighted by molar-refractivity contribution is 8.00. The molecule has 2 nitrogen and oxygen atoms in total. The standard InChI is InChI=1S/C13H18Cl2N2S/c1-18-13(4-2-3-5-13)8-17-12-10(14)6-9(16)7-11(12)15/h6-7,17H,2-5,8,16H2,1H3. The Morgan fingerprint density at radius 1 is 1.28 bits per heavy atom. The van der Waals surface area contributed by atoms with E-state index in [1.165, 1.54) is 25.7 Å². The van der Waals surface area contributed by atoms with Gasteiger partial charge in [0.1, 0.15) is 0 Å². The average molecular weight is 305 g/mol. The van der Waals surface area contributed by atoms with Gasteiger partial charge in [0.2, 0.25) is 0 Å². The molecule has 0 aliphatic heterocycles. The van der Waals surface area contributed by atoms with Gasteiger partial charge in [0.05, 0.1) is 15.7 Å². The molecule has 1 aliphatic carbocycles. The van der Waals surface area contributed by atoms with Crippen LogP contribution in [0.4, 0.5) is 11.4 Å². The minimum absolute atomic E-state index is 0.327. The van der Waals surface area contributed by atoms with Gasteiger partial charge in [-0.3, -0.25) is 0 Å². The van der Waals surface area contributed by atoms with Crippen LogP contribution in [0.3, 0.4) is 0 Å². The Balaban J connectivity index is 2.10. The molecule has 3 N–H and O–H groups in total. The normalized spacial score (nSPS) is 17.9. The first-order valence-electron chi connectivity index (χ1n) is 6.10. The molecule has 0 aromatic heterocycles. The Hall–Kier alpha value is -0.250. The Bertz CT molecular complexity index is 408. The maximum absolute atomic E-state index is 6.18. The zero-order chi connectivity index (χ0) is 13.2. The van der Waals surface area contributed by atoms with Crippen molar-refractivity contribution < 1.29 is 0 Å². The van der Waals surface area contributed by atoms with Gasteiger partial charge in [0.25, 0.3) is 0 Å². The first-order chi connectivity index (χ1) is 8.56. The van der Waals surface area contributed by atoms with Gasteiger partial charge in [-0.2, -0.15) is 11.8 Å². The predicted molar refractivity (Wildman–Crippen MR) is 84.1 cm³/mol. The van der Waals surface area contributed by atoms with Gasteiger partial charge in [0, 0.05) is 17.0 Å². The lowest BCUT2D eigenvalue weighted by Crippen LogP contribution is -2.30. The van der Waals surface area contributed by atoms with Crippen LogP contribution >= 0.6 is 35.0 Å². The van der Waals surface area contributed by atoms with E-state index in [9.17, 15) is 0 Å². The summed E-state index contributed by atoms with van der Waals surface area (Å²) < 4.78 is 0.327. The van der Waals surface area contributed by atoms with Crippen molar-refractivity contribution in [2.24, 2.45) is 0 Å². The molecule has 0 bridgehead atoms. The summed E-state index contributed by atoms with van der Waals surface area (Å²) >= 11 is 14.3. The number of nitrogen functional groups attached to an aromatic ring is 1. The molecule has 5 heteroatoms. The molecule has 0 unspecified atom stereocenters. The highest BCUT2D eigenvalue weighted by Crippen LogP contribution is 2.41. The van der Waals surface area contributed by atoms with Crippen LogP contribution in [0.15, 0.2) is 12.1 Å². The lowest BCUT2D eigenvalue weighted by molar-refractivity contribution is 0.640. The van der Waals surface area contributed by atoms with Crippen LogP contribution in [-0.4, -0.2) is 17.5 Å². The summed E-state index contributed by atoms with van der Waals surface area (Å²) in [7, 11) is 0. The van der Waals surface area contributed by atoms with Crippen molar-refractivity contribution in [1.29, 1.82) is 0 Å². The zero-order valence-electron chi connectivity index (χ0n) is 10.4. The van der Waals surface area contributed by atoms with Crippen LogP contribution in [0.25, 0.3) is 0 Å². The van der Waals surface area contributed by atoms with Crippen LogP contribution in [0.2, 0.25) is 10.0 Å². The lowest BCUT2D eigenvalue weighted by atomic mass is 10.1. The van der Waals surface area contributed by atoms with E-state index in [-0.39, 0.29) is 0 Å². The summed E-state index contributed by atoms with van der Waals surface area (Å²) in [6.07, 6.45) is 7.31. The Morgan fingerprint density at radius 3 is 2.33 bits per heavy atom. The number of hydrogen-bond acceptors (Lipinski definition) is 3. The van der Waals surface area contributed by atoms with Crippen molar-refractivity contribution in [1.82, 2.24) is 0 Å². The molecular weight excluding hydrogens is 287 g/mol. The van der Waals surface area contributed by atoms with E-state index < -0.39 is 0 Å². The quantitative estimate of drug-likeness (QED) is 0.794. The third kappa shape index (κ3) is 3.01. The number of rotatable bonds is 4. The second kappa shape index (κ2) is 5.81. The molecule has 0 radical (unpaired) electrons. The molecule has 0 atom stereocenters. The fraction of sp³-hybridized carbons (Fsp3) is 0.538. The van der Waals surface area contributed by atoms with Gasteiger partial charge in [-0.05, 0) is 31.2 Å². The van der Waals surface area contributed by atoms with Crippen molar-refractivity contribution in [3.05, 3.63) is 22.2 Å². The summed E-state index contributed by atoms with van der Waals surface area (Å²) in [6.45, 7) is 0.900. The highest BCUT2D eigenvalue weighted by Gasteiger charge is 2.32. The number of anilines is 2. The fourth-order valence-corrected chi connectivity index (χ4v) is 4.03. The molecule has 1 aromatic rings. The number of thioether (sulfide) groups is 1. The zero-order valence-corrected chi connectivity index (χ0v) is 12.8. The fourth-order valence-electron chi connectivity index (χ4n) is 2.48. The van der Waals surface area contributed by atoms with Gasteiger partial charge in [-0.25, -0.2) is 0 Å². The van der Waals surface area contributed by atoms with E-state index in [1.807, 2.05) is 11.8 Å². The molecule has 0 amide bonds. The van der Waals surface area contributed by atoms with Gasteiger partial charge >= 0.3 is 0 Å². The SMILES string of the molecule is CSC1(CNc2c(Cl)cc(N)cc2Cl)CCCC1. The van der Waals surface area contributed by atoms with E-state index in [0.717, 1.165) is 12.2 Å². The summed E-state index contributed by atoms with van der Waals surface area (Å²) in [5.41, 5.74) is 7.09. The molecule has 0 spiro atoms. The number of benzene rings is 1. The van der Waals surface area contributed by atoms with Crippen molar-refractivity contribution in [2.45, 2.75) is 30.4 Å². The largest absolute Gasteiger partial charge is 0.399 e. The topological polar surface area (TPSA) is 38.0 Å². The summed E-state index contributed by atoms with van der Waals surface area (Å²) in [5, 5.41) is 4.59. The molecule has 100 valence electrons. The van der Waals surface area contributed by atoms with Crippen molar-refractivity contribution in [2.75, 3.05) is 23.9 Å². The lowest BCUT2D eigenvalue weighted by Gasteiger charge is -2.28. The van der Waals surface area contributed by atoms with Gasteiger partial charge < -0.3 is 11.1 Å². The van der Waals surface area contributed by atoms with Crippen LogP contribution in [0.1, 0.15) is 25.7 Å². The van der Waals surface area contributed by atoms with E-state index in [2.05, 4.69) is 11.6 Å². The van der Waals surface area contributed by atoms with Crippen LogP contribution < -0.4 is 11.1 Å². The van der Waals surface area contributed by atoms with Gasteiger partial charge in [-0.15, -0.1) is 0 Å². The highest BCUT2D eigenvalue weighted by atomic mass is 35.5. The maximum atomic E-state index is 6.18. The first kappa shape index (κ1) is 14.2. The molecule has 1 aliphatic rings. The molecular formula is C13H18Cl2N2S. The van der Waals surface area contributed by atoms with Crippen LogP contribution in [-0.2, 0) is 0 Å². The third-order valence-corrected chi connectivity index (χ3v) is 5.61. The Kier molecular flexibility index (Phi) is 4.57. The second-order valence-corrected chi connectivity index (χ2v) is 6.90. The van der Waals surface area contributed by atoms with Crippen molar-refractivity contribution >= 4 is 46.3 Å². The third-order valence-electron chi connectivity index (χ3n) is 3.60. The van der Waals surface area contributed by atoms with E-state index >= 15 is 0 Å². The number of nitrogens with one attached hydrogen (secondary N) is 1. The molecule has 0 heterocycles. The molecule has 2 rings (SSSR count). The van der Waals surface area contributed by atoms with E-state index in [0.29, 0.717) is 20.5 Å². The van der Waals surface area contributed by atoms with Crippen LogP contribution in [0.5, 0.6) is 0 Å². The number of hydrogen-bond donors (Lipinski definition) is 2. The maximum Gasteiger partial charge on any atom is 0.0720 e. The number of nitrogens with two attached hydrogens (primary N) is 1. The summed E-state index contributed by atoms with van der Waals surface area (Å²) in [6, 6.07) is 3.46. The minimum Gasteiger partial charge on any atom is -0.399 e. The second-order valence-electron chi connectivity index (χ2n) is 4.81. The molecule has 1 fully saturated rings. The number of halogens is 2. The summed E-state index contributed by atoms with van der Waals surface area (Å²) in [4.78, 5) is 0. The van der Waals surface area contributed by atoms with Gasteiger partial charge in [0.15, 0.2) is 0 Å². The smallest absolute Gasteiger partial charge is 0.0720 e. The monoisotopic (exact) mass is 304 g/mol. The summed E-state index contributed by atoms with van der Waals surface area (Å²) in [5.74, 6) is 0. The minimum atomic E-state index is 0.327. The Morgan fingerprint density at radius 2 is 1.83 bits per heavy atom. The van der Waals surface area contributed by atoms with Crippen LogP contribution in [0, 0.1) is 0 Å². The van der Waals surface area contributed by atoms with Crippen molar-refractivity contribution in [3.8, 4) is 0 Å². The Labute approximate surface area is 123 Å². The van der Waals surface area contributed by atoms with E-state index in [4.69, 9.17) is 28.9 Å². The van der Waals surface area contributed by atoms with Gasteiger partial charge in [-0.1, -0.05) is 36.0 Å². The first-order valence-corrected chi connectivity index (χ1v) is 8.08. The molecule has 18 heavy (non-hydrogen) atoms. The molecule has 1 aromatic carbocycles. The van der Waals surface area contributed by atoms with Crippen molar-refractivity contribution in [3.63, 3.8) is 0 Å². The average Bonchev–Trinajstić information content (AvgIpc) is 2.77.